The Kier molecular flexibility index (Phi) is 12.3. The van der Waals surface area contributed by atoms with Gasteiger partial charge in [-0.05, 0) is 19.0 Å². The van der Waals surface area contributed by atoms with Crippen LogP contribution in [0.15, 0.2) is 12.2 Å². The van der Waals surface area contributed by atoms with Crippen LogP contribution in [0.25, 0.3) is 0 Å². The third kappa shape index (κ3) is 12.2. The van der Waals surface area contributed by atoms with E-state index in [1.54, 1.807) is 0 Å². The molecule has 78 valence electrons. The Morgan fingerprint density at radius 1 is 0.846 bits per heavy atom. The molecule has 0 bridgehead atoms. The normalized spacial score (nSPS) is 11.2. The van der Waals surface area contributed by atoms with Crippen LogP contribution in [0.2, 0.25) is 0 Å². The summed E-state index contributed by atoms with van der Waals surface area (Å²) >= 11 is 0. The molecule has 0 aliphatic rings. The van der Waals surface area contributed by atoms with Crippen molar-refractivity contribution in [2.45, 2.75) is 58.3 Å². The summed E-state index contributed by atoms with van der Waals surface area (Å²) in [7, 11) is 2.72. The minimum Gasteiger partial charge on any atom is -0.134 e. The summed E-state index contributed by atoms with van der Waals surface area (Å²) < 4.78 is 0. The second-order valence-electron chi connectivity index (χ2n) is 3.62. The monoisotopic (exact) mass is 200 g/mol. The van der Waals surface area contributed by atoms with Gasteiger partial charge < -0.3 is 0 Å². The Morgan fingerprint density at radius 2 is 1.46 bits per heavy atom. The van der Waals surface area contributed by atoms with Crippen LogP contribution in [-0.4, -0.2) is 6.16 Å². The van der Waals surface area contributed by atoms with Crippen LogP contribution in [0, 0.1) is 0 Å². The fourth-order valence-electron chi connectivity index (χ4n) is 1.43. The Morgan fingerprint density at radius 3 is 2.08 bits per heavy atom. The highest BCUT2D eigenvalue weighted by Crippen LogP contribution is 2.08. The van der Waals surface area contributed by atoms with Gasteiger partial charge in [-0.25, -0.2) is 0 Å². The van der Waals surface area contributed by atoms with Gasteiger partial charge in [0, 0.05) is 0 Å². The van der Waals surface area contributed by atoms with E-state index in [1.807, 2.05) is 0 Å². The van der Waals surface area contributed by atoms with Crippen LogP contribution in [0.1, 0.15) is 58.3 Å². The third-order valence-electron chi connectivity index (χ3n) is 2.28. The predicted molar refractivity (Wildman–Crippen MR) is 66.3 cm³/mol. The zero-order chi connectivity index (χ0) is 9.78. The molecule has 0 nitrogen and oxygen atoms in total. The maximum Gasteiger partial charge on any atom is -0.0200 e. The molecule has 0 heterocycles. The predicted octanol–water partition coefficient (Wildman–Crippen LogP) is 4.56. The zero-order valence-electron chi connectivity index (χ0n) is 9.10. The summed E-state index contributed by atoms with van der Waals surface area (Å²) in [6.07, 6.45) is 16.8. The molecule has 0 radical (unpaired) electrons. The van der Waals surface area contributed by atoms with Gasteiger partial charge in [0.25, 0.3) is 0 Å². The fourth-order valence-corrected chi connectivity index (χ4v) is 1.63. The van der Waals surface area contributed by atoms with E-state index in [9.17, 15) is 0 Å². The van der Waals surface area contributed by atoms with Crippen LogP contribution in [0.4, 0.5) is 0 Å². The Bertz CT molecular complexity index is 108. The van der Waals surface area contributed by atoms with Crippen molar-refractivity contribution >= 4 is 9.24 Å². The molecule has 0 amide bonds. The van der Waals surface area contributed by atoms with Gasteiger partial charge in [-0.15, -0.1) is 9.24 Å². The van der Waals surface area contributed by atoms with Gasteiger partial charge in [0.2, 0.25) is 0 Å². The van der Waals surface area contributed by atoms with E-state index in [4.69, 9.17) is 0 Å². The van der Waals surface area contributed by atoms with E-state index in [2.05, 4.69) is 28.3 Å². The molecule has 0 aliphatic heterocycles. The van der Waals surface area contributed by atoms with Crippen molar-refractivity contribution in [2.75, 3.05) is 6.16 Å². The highest BCUT2D eigenvalue weighted by molar-refractivity contribution is 7.16. The summed E-state index contributed by atoms with van der Waals surface area (Å²) in [5.41, 5.74) is 0. The van der Waals surface area contributed by atoms with E-state index in [1.165, 1.54) is 51.4 Å². The minimum atomic E-state index is 1.11. The Balaban J connectivity index is 2.87. The van der Waals surface area contributed by atoms with Crippen LogP contribution >= 0.6 is 9.24 Å². The molecular weight excluding hydrogens is 175 g/mol. The van der Waals surface area contributed by atoms with Gasteiger partial charge in [0.1, 0.15) is 0 Å². The first-order valence-electron chi connectivity index (χ1n) is 5.77. The minimum absolute atomic E-state index is 1.11. The van der Waals surface area contributed by atoms with Gasteiger partial charge in [0.15, 0.2) is 0 Å². The fraction of sp³-hybridized carbons (Fsp3) is 0.833. The summed E-state index contributed by atoms with van der Waals surface area (Å²) in [6.45, 7) is 2.27. The summed E-state index contributed by atoms with van der Waals surface area (Å²) in [4.78, 5) is 0. The van der Waals surface area contributed by atoms with Gasteiger partial charge in [-0.3, -0.25) is 0 Å². The van der Waals surface area contributed by atoms with Crippen molar-refractivity contribution in [3.63, 3.8) is 0 Å². The largest absolute Gasteiger partial charge is 0.134 e. The lowest BCUT2D eigenvalue weighted by atomic mass is 10.1. The van der Waals surface area contributed by atoms with Gasteiger partial charge >= 0.3 is 0 Å². The molecule has 1 atom stereocenters. The van der Waals surface area contributed by atoms with Crippen LogP contribution in [0.5, 0.6) is 0 Å². The molecule has 0 aromatic heterocycles. The lowest BCUT2D eigenvalue weighted by Gasteiger charge is -1.98. The third-order valence-corrected chi connectivity index (χ3v) is 2.55. The average molecular weight is 200 g/mol. The molecule has 0 fully saturated rings. The maximum atomic E-state index is 2.72. The molecule has 0 aromatic carbocycles. The Labute approximate surface area is 86.4 Å². The van der Waals surface area contributed by atoms with Crippen LogP contribution in [0.3, 0.4) is 0 Å². The molecule has 0 aromatic rings. The Hall–Kier alpha value is 0.170. The quantitative estimate of drug-likeness (QED) is 0.291. The number of hydrogen-bond acceptors (Lipinski definition) is 0. The van der Waals surface area contributed by atoms with E-state index in [0.29, 0.717) is 0 Å². The second kappa shape index (κ2) is 12.2. The summed E-state index contributed by atoms with van der Waals surface area (Å²) in [5, 5.41) is 0. The van der Waals surface area contributed by atoms with Gasteiger partial charge in [0.05, 0.1) is 0 Å². The average Bonchev–Trinajstić information content (AvgIpc) is 2.16. The van der Waals surface area contributed by atoms with Crippen molar-refractivity contribution in [2.24, 2.45) is 0 Å². The highest BCUT2D eigenvalue weighted by Gasteiger charge is 1.88. The van der Waals surface area contributed by atoms with Gasteiger partial charge in [-0.2, -0.15) is 0 Å². The first-order valence-corrected chi connectivity index (χ1v) is 6.58. The molecule has 0 saturated heterocycles. The molecule has 13 heavy (non-hydrogen) atoms. The van der Waals surface area contributed by atoms with E-state index < -0.39 is 0 Å². The lowest BCUT2D eigenvalue weighted by molar-refractivity contribution is 0.592. The van der Waals surface area contributed by atoms with Crippen LogP contribution < -0.4 is 0 Å². The summed E-state index contributed by atoms with van der Waals surface area (Å²) in [6, 6.07) is 0. The lowest BCUT2D eigenvalue weighted by Crippen LogP contribution is -1.78. The second-order valence-corrected chi connectivity index (χ2v) is 4.09. The van der Waals surface area contributed by atoms with Crippen molar-refractivity contribution in [1.29, 1.82) is 0 Å². The van der Waals surface area contributed by atoms with Crippen LogP contribution in [-0.2, 0) is 0 Å². The van der Waals surface area contributed by atoms with Crippen molar-refractivity contribution < 1.29 is 0 Å². The first kappa shape index (κ1) is 13.2. The van der Waals surface area contributed by atoms with Gasteiger partial charge in [-0.1, -0.05) is 57.6 Å². The molecule has 0 saturated carbocycles. The SMILES string of the molecule is CCCCCCCCC/C=C/CP. The maximum absolute atomic E-state index is 2.72. The molecule has 0 rings (SSSR count). The zero-order valence-corrected chi connectivity index (χ0v) is 10.3. The number of unbranched alkanes of at least 4 members (excludes halogenated alkanes) is 7. The first-order chi connectivity index (χ1) is 6.41. The van der Waals surface area contributed by atoms with Crippen molar-refractivity contribution in [3.8, 4) is 0 Å². The molecule has 0 N–H and O–H groups in total. The molecule has 1 unspecified atom stereocenters. The van der Waals surface area contributed by atoms with Crippen molar-refractivity contribution in [1.82, 2.24) is 0 Å². The van der Waals surface area contributed by atoms with E-state index in [0.717, 1.165) is 6.16 Å². The highest BCUT2D eigenvalue weighted by atomic mass is 31.0. The molecular formula is C12H25P. The molecule has 0 spiro atoms. The summed E-state index contributed by atoms with van der Waals surface area (Å²) in [5.74, 6) is 0. The number of allylic oxidation sites excluding steroid dienone is 2. The molecule has 0 aliphatic carbocycles. The topological polar surface area (TPSA) is 0 Å². The smallest absolute Gasteiger partial charge is 0.0200 e. The number of hydrogen-bond donors (Lipinski definition) is 0. The number of rotatable bonds is 9. The molecule has 1 heteroatoms. The van der Waals surface area contributed by atoms with Crippen molar-refractivity contribution in [3.05, 3.63) is 12.2 Å². The van der Waals surface area contributed by atoms with E-state index in [-0.39, 0.29) is 0 Å². The standard InChI is InChI=1S/C12H25P/c1-2-3-4-5-6-7-8-9-10-11-12-13/h10-11H,2-9,12-13H2,1H3/b11-10+. The van der Waals surface area contributed by atoms with E-state index >= 15 is 0 Å².